The molecule has 22 heavy (non-hydrogen) atoms. The number of methoxy groups -OCH3 is 1. The Morgan fingerprint density at radius 3 is 2.50 bits per heavy atom. The third-order valence-electron chi connectivity index (χ3n) is 3.36. The van der Waals surface area contributed by atoms with Gasteiger partial charge in [0.05, 0.1) is 7.11 Å². The summed E-state index contributed by atoms with van der Waals surface area (Å²) < 4.78 is 33.4. The van der Waals surface area contributed by atoms with Gasteiger partial charge in [0.1, 0.15) is 10.6 Å². The van der Waals surface area contributed by atoms with Crippen LogP contribution < -0.4 is 9.46 Å². The molecule has 2 aromatic carbocycles. The second-order valence-corrected chi connectivity index (χ2v) is 7.61. The molecule has 0 saturated carbocycles. The Kier molecular flexibility index (Phi) is 5.61. The highest BCUT2D eigenvalue weighted by atomic mass is 79.9. The Hall–Kier alpha value is -1.37. The van der Waals surface area contributed by atoms with Gasteiger partial charge in [-0.2, -0.15) is 0 Å². The second kappa shape index (κ2) is 7.26. The fourth-order valence-electron chi connectivity index (χ4n) is 2.07. The lowest BCUT2D eigenvalue weighted by molar-refractivity contribution is 0.402. The molecule has 0 saturated heterocycles. The van der Waals surface area contributed by atoms with Crippen LogP contribution in [0.15, 0.2) is 57.9 Å². The van der Waals surface area contributed by atoms with E-state index >= 15 is 0 Å². The molecule has 1 N–H and O–H groups in total. The topological polar surface area (TPSA) is 55.4 Å². The van der Waals surface area contributed by atoms with Crippen LogP contribution in [-0.2, 0) is 10.0 Å². The van der Waals surface area contributed by atoms with Crippen LogP contribution >= 0.6 is 15.9 Å². The molecule has 2 aromatic rings. The maximum absolute atomic E-state index is 12.5. The smallest absolute Gasteiger partial charge is 0.244 e. The third kappa shape index (κ3) is 4.09. The molecule has 6 heteroatoms. The van der Waals surface area contributed by atoms with Crippen LogP contribution in [-0.4, -0.2) is 22.1 Å². The molecule has 0 unspecified atom stereocenters. The van der Waals surface area contributed by atoms with Gasteiger partial charge < -0.3 is 4.74 Å². The molecule has 4 nitrogen and oxygen atoms in total. The molecule has 0 amide bonds. The van der Waals surface area contributed by atoms with Crippen molar-refractivity contribution in [2.45, 2.75) is 17.7 Å². The van der Waals surface area contributed by atoms with Crippen molar-refractivity contribution in [3.05, 3.63) is 58.6 Å². The molecule has 0 aromatic heterocycles. The average Bonchev–Trinajstić information content (AvgIpc) is 2.53. The average molecular weight is 384 g/mol. The molecule has 0 radical (unpaired) electrons. The summed E-state index contributed by atoms with van der Waals surface area (Å²) in [5.41, 5.74) is 1.09. The molecule has 0 spiro atoms. The van der Waals surface area contributed by atoms with Crippen LogP contribution in [0.2, 0.25) is 0 Å². The van der Waals surface area contributed by atoms with E-state index in [9.17, 15) is 8.42 Å². The lowest BCUT2D eigenvalue weighted by atomic mass is 10.0. The van der Waals surface area contributed by atoms with Gasteiger partial charge in [-0.25, -0.2) is 13.1 Å². The third-order valence-corrected chi connectivity index (χ3v) is 5.30. The van der Waals surface area contributed by atoms with Crippen LogP contribution in [0.1, 0.15) is 18.4 Å². The zero-order chi connectivity index (χ0) is 16.2. The van der Waals surface area contributed by atoms with Crippen LogP contribution in [0.3, 0.4) is 0 Å². The van der Waals surface area contributed by atoms with Crippen LogP contribution in [0.5, 0.6) is 5.75 Å². The van der Waals surface area contributed by atoms with E-state index in [4.69, 9.17) is 4.74 Å². The van der Waals surface area contributed by atoms with Crippen LogP contribution in [0.4, 0.5) is 0 Å². The van der Waals surface area contributed by atoms with Crippen molar-refractivity contribution < 1.29 is 13.2 Å². The van der Waals surface area contributed by atoms with Crippen molar-refractivity contribution >= 4 is 26.0 Å². The van der Waals surface area contributed by atoms with Gasteiger partial charge in [0.2, 0.25) is 10.0 Å². The maximum atomic E-state index is 12.5. The van der Waals surface area contributed by atoms with Crippen LogP contribution in [0.25, 0.3) is 0 Å². The highest BCUT2D eigenvalue weighted by molar-refractivity contribution is 9.10. The molecule has 118 valence electrons. The fourth-order valence-corrected chi connectivity index (χ4v) is 3.91. The second-order valence-electron chi connectivity index (χ2n) is 4.96. The number of sulfonamides is 1. The molecule has 0 bridgehead atoms. The van der Waals surface area contributed by atoms with E-state index in [1.807, 2.05) is 37.3 Å². The lowest BCUT2D eigenvalue weighted by Gasteiger charge is -2.15. The minimum absolute atomic E-state index is 0.0779. The number of hydrogen-bond acceptors (Lipinski definition) is 3. The summed E-state index contributed by atoms with van der Waals surface area (Å²) in [5, 5.41) is 0. The van der Waals surface area contributed by atoms with Crippen molar-refractivity contribution in [2.75, 3.05) is 13.7 Å². The summed E-state index contributed by atoms with van der Waals surface area (Å²) in [6, 6.07) is 14.7. The summed E-state index contributed by atoms with van der Waals surface area (Å²) in [4.78, 5) is 0.129. The Bertz CT molecular complexity index is 732. The normalized spacial score (nSPS) is 12.9. The maximum Gasteiger partial charge on any atom is 0.244 e. The van der Waals surface area contributed by atoms with Gasteiger partial charge >= 0.3 is 0 Å². The van der Waals surface area contributed by atoms with Crippen molar-refractivity contribution in [3.8, 4) is 5.75 Å². The largest absolute Gasteiger partial charge is 0.495 e. The van der Waals surface area contributed by atoms with Gasteiger partial charge in [-0.05, 0) is 29.7 Å². The Labute approximate surface area is 139 Å². The standard InChI is InChI=1S/C16H18BrNO3S/c1-12(13-6-4-3-5-7-13)11-18-22(19,20)16-10-14(17)8-9-15(16)21-2/h3-10,12,18H,11H2,1-2H3/t12-/m1/s1. The number of halogens is 1. The van der Waals surface area contributed by atoms with Gasteiger partial charge in [0.25, 0.3) is 0 Å². The number of ether oxygens (including phenoxy) is 1. The molecule has 0 aliphatic carbocycles. The van der Waals surface area contributed by atoms with Gasteiger partial charge in [-0.1, -0.05) is 53.2 Å². The Morgan fingerprint density at radius 1 is 1.18 bits per heavy atom. The summed E-state index contributed by atoms with van der Waals surface area (Å²) in [7, 11) is -2.18. The van der Waals surface area contributed by atoms with E-state index in [1.54, 1.807) is 12.1 Å². The zero-order valence-electron chi connectivity index (χ0n) is 12.4. The van der Waals surface area contributed by atoms with Crippen LogP contribution in [0, 0.1) is 0 Å². The number of rotatable bonds is 6. The van der Waals surface area contributed by atoms with E-state index in [-0.39, 0.29) is 10.8 Å². The quantitative estimate of drug-likeness (QED) is 0.829. The Morgan fingerprint density at radius 2 is 1.86 bits per heavy atom. The first-order valence-electron chi connectivity index (χ1n) is 6.82. The lowest BCUT2D eigenvalue weighted by Crippen LogP contribution is -2.28. The summed E-state index contributed by atoms with van der Waals surface area (Å²) in [5.74, 6) is 0.400. The highest BCUT2D eigenvalue weighted by Gasteiger charge is 2.20. The molecular formula is C16H18BrNO3S. The van der Waals surface area contributed by atoms with Gasteiger partial charge in [0, 0.05) is 11.0 Å². The number of nitrogens with one attached hydrogen (secondary N) is 1. The molecule has 0 heterocycles. The van der Waals surface area contributed by atoms with E-state index in [1.165, 1.54) is 13.2 Å². The monoisotopic (exact) mass is 383 g/mol. The predicted molar refractivity (Wildman–Crippen MR) is 90.7 cm³/mol. The molecule has 1 atom stereocenters. The van der Waals surface area contributed by atoms with Gasteiger partial charge in [-0.3, -0.25) is 0 Å². The first-order chi connectivity index (χ1) is 10.4. The van der Waals surface area contributed by atoms with E-state index in [0.717, 1.165) is 5.56 Å². The fraction of sp³-hybridized carbons (Fsp3) is 0.250. The molecule has 0 fully saturated rings. The minimum Gasteiger partial charge on any atom is -0.495 e. The number of hydrogen-bond donors (Lipinski definition) is 1. The summed E-state index contributed by atoms with van der Waals surface area (Å²) in [6.45, 7) is 2.30. The van der Waals surface area contributed by atoms with Crippen molar-refractivity contribution in [3.63, 3.8) is 0 Å². The first-order valence-corrected chi connectivity index (χ1v) is 9.10. The zero-order valence-corrected chi connectivity index (χ0v) is 14.8. The van der Waals surface area contributed by atoms with E-state index < -0.39 is 10.0 Å². The minimum atomic E-state index is -3.63. The molecule has 0 aliphatic rings. The van der Waals surface area contributed by atoms with Gasteiger partial charge in [0.15, 0.2) is 0 Å². The van der Waals surface area contributed by atoms with Crippen molar-refractivity contribution in [2.24, 2.45) is 0 Å². The summed E-state index contributed by atoms with van der Waals surface area (Å²) >= 11 is 3.29. The summed E-state index contributed by atoms with van der Waals surface area (Å²) in [6.07, 6.45) is 0. The highest BCUT2D eigenvalue weighted by Crippen LogP contribution is 2.27. The Balaban J connectivity index is 2.17. The molecule has 2 rings (SSSR count). The SMILES string of the molecule is COc1ccc(Br)cc1S(=O)(=O)NC[C@@H](C)c1ccccc1. The number of benzene rings is 2. The van der Waals surface area contributed by atoms with E-state index in [0.29, 0.717) is 16.8 Å². The molecular weight excluding hydrogens is 366 g/mol. The van der Waals surface area contributed by atoms with Crippen molar-refractivity contribution in [1.82, 2.24) is 4.72 Å². The molecule has 0 aliphatic heterocycles. The predicted octanol–water partition coefficient (Wildman–Crippen LogP) is 3.54. The first kappa shape index (κ1) is 17.0. The van der Waals surface area contributed by atoms with Crippen molar-refractivity contribution in [1.29, 1.82) is 0 Å². The van der Waals surface area contributed by atoms with E-state index in [2.05, 4.69) is 20.7 Å². The van der Waals surface area contributed by atoms with Gasteiger partial charge in [-0.15, -0.1) is 0 Å².